The molecule has 0 unspecified atom stereocenters. The molecule has 160 valence electrons. The van der Waals surface area contributed by atoms with Gasteiger partial charge in [-0.15, -0.1) is 0 Å². The minimum absolute atomic E-state index is 0.0670. The van der Waals surface area contributed by atoms with Crippen LogP contribution in [-0.4, -0.2) is 44.1 Å². The number of amides is 3. The molecule has 0 saturated heterocycles. The predicted molar refractivity (Wildman–Crippen MR) is 114 cm³/mol. The summed E-state index contributed by atoms with van der Waals surface area (Å²) in [6.45, 7) is 3.80. The number of rotatable bonds is 7. The van der Waals surface area contributed by atoms with E-state index in [0.717, 1.165) is 55.3 Å². The van der Waals surface area contributed by atoms with Crippen molar-refractivity contribution in [2.24, 2.45) is 0 Å². The van der Waals surface area contributed by atoms with Crippen LogP contribution < -0.4 is 10.0 Å². The predicted octanol–water partition coefficient (Wildman–Crippen LogP) is 2.76. The number of aryl methyl sites for hydroxylation is 2. The third-order valence-corrected chi connectivity index (χ3v) is 7.25. The van der Waals surface area contributed by atoms with E-state index in [0.29, 0.717) is 0 Å². The average molecular weight is 422 g/mol. The molecule has 3 rings (SSSR count). The highest BCUT2D eigenvalue weighted by atomic mass is 32.2. The molecule has 2 aliphatic rings. The van der Waals surface area contributed by atoms with Crippen LogP contribution in [0.3, 0.4) is 0 Å². The van der Waals surface area contributed by atoms with Crippen molar-refractivity contribution in [3.63, 3.8) is 0 Å². The minimum atomic E-state index is -3.80. The maximum Gasteiger partial charge on any atom is 0.332 e. The SMILES string of the molecule is CC(C)N(C)C(=O)CCCS(=O)(=O)NC(=O)Nc1c2c(cc3c1CCC3)CCC2. The molecule has 0 aliphatic heterocycles. The minimum Gasteiger partial charge on any atom is -0.343 e. The van der Waals surface area contributed by atoms with E-state index >= 15 is 0 Å². The Morgan fingerprint density at radius 1 is 1.07 bits per heavy atom. The fourth-order valence-corrected chi connectivity index (χ4v) is 5.14. The van der Waals surface area contributed by atoms with Crippen LogP contribution >= 0.6 is 0 Å². The lowest BCUT2D eigenvalue weighted by molar-refractivity contribution is -0.131. The van der Waals surface area contributed by atoms with Gasteiger partial charge in [0.25, 0.3) is 0 Å². The third kappa shape index (κ3) is 5.10. The molecule has 0 radical (unpaired) electrons. The standard InChI is InChI=1S/C21H31N3O4S/c1-14(2)24(3)19(25)11-6-12-29(27,28)23-21(26)22-20-17-9-4-7-15(17)13-16-8-5-10-18(16)20/h13-14H,4-12H2,1-3H3,(H2,22,23,26). The number of hydrogen-bond acceptors (Lipinski definition) is 4. The van der Waals surface area contributed by atoms with Crippen molar-refractivity contribution in [1.82, 2.24) is 9.62 Å². The second-order valence-electron chi connectivity index (χ2n) is 8.31. The highest BCUT2D eigenvalue weighted by molar-refractivity contribution is 7.90. The molecule has 0 spiro atoms. The number of nitrogens with zero attached hydrogens (tertiary/aromatic N) is 1. The average Bonchev–Trinajstić information content (AvgIpc) is 3.28. The molecule has 3 amide bonds. The Morgan fingerprint density at radius 2 is 1.66 bits per heavy atom. The second kappa shape index (κ2) is 8.73. The lowest BCUT2D eigenvalue weighted by Crippen LogP contribution is -2.37. The maximum absolute atomic E-state index is 12.4. The first-order valence-corrected chi connectivity index (χ1v) is 12.1. The molecule has 29 heavy (non-hydrogen) atoms. The van der Waals surface area contributed by atoms with Crippen molar-refractivity contribution in [3.05, 3.63) is 28.3 Å². The van der Waals surface area contributed by atoms with Gasteiger partial charge in [0.2, 0.25) is 15.9 Å². The molecule has 8 heteroatoms. The van der Waals surface area contributed by atoms with Gasteiger partial charge in [-0.05, 0) is 81.0 Å². The molecule has 0 saturated carbocycles. The van der Waals surface area contributed by atoms with Crippen LogP contribution in [0.15, 0.2) is 6.07 Å². The molecule has 2 aliphatic carbocycles. The molecule has 2 N–H and O–H groups in total. The quantitative estimate of drug-likeness (QED) is 0.708. The summed E-state index contributed by atoms with van der Waals surface area (Å²) in [7, 11) is -2.11. The smallest absolute Gasteiger partial charge is 0.332 e. The van der Waals surface area contributed by atoms with Crippen molar-refractivity contribution >= 4 is 27.6 Å². The first kappa shape index (κ1) is 21.6. The number of anilines is 1. The van der Waals surface area contributed by atoms with Gasteiger partial charge < -0.3 is 10.2 Å². The van der Waals surface area contributed by atoms with E-state index in [4.69, 9.17) is 0 Å². The van der Waals surface area contributed by atoms with Crippen LogP contribution in [0.5, 0.6) is 0 Å². The van der Waals surface area contributed by atoms with Crippen LogP contribution in [0.4, 0.5) is 10.5 Å². The van der Waals surface area contributed by atoms with Gasteiger partial charge in [-0.1, -0.05) is 6.07 Å². The molecule has 0 heterocycles. The molecule has 7 nitrogen and oxygen atoms in total. The summed E-state index contributed by atoms with van der Waals surface area (Å²) < 4.78 is 26.7. The molecule has 0 atom stereocenters. The van der Waals surface area contributed by atoms with Gasteiger partial charge >= 0.3 is 6.03 Å². The van der Waals surface area contributed by atoms with Crippen molar-refractivity contribution in [3.8, 4) is 0 Å². The summed E-state index contributed by atoms with van der Waals surface area (Å²) in [6.07, 6.45) is 6.28. The topological polar surface area (TPSA) is 95.6 Å². The van der Waals surface area contributed by atoms with E-state index in [1.165, 1.54) is 11.1 Å². The summed E-state index contributed by atoms with van der Waals surface area (Å²) in [5, 5.41) is 2.83. The summed E-state index contributed by atoms with van der Waals surface area (Å²) >= 11 is 0. The van der Waals surface area contributed by atoms with Crippen LogP contribution in [0.1, 0.15) is 61.8 Å². The van der Waals surface area contributed by atoms with E-state index in [2.05, 4.69) is 16.1 Å². The Labute approximate surface area is 173 Å². The largest absolute Gasteiger partial charge is 0.343 e. The number of carbonyl (C=O) groups is 2. The van der Waals surface area contributed by atoms with Gasteiger partial charge in [-0.25, -0.2) is 17.9 Å². The zero-order valence-corrected chi connectivity index (χ0v) is 18.3. The molecule has 1 aromatic carbocycles. The Balaban J connectivity index is 1.59. The molecular weight excluding hydrogens is 390 g/mol. The first-order valence-electron chi connectivity index (χ1n) is 10.4. The monoisotopic (exact) mass is 421 g/mol. The molecule has 0 fully saturated rings. The van der Waals surface area contributed by atoms with Crippen LogP contribution in [0.25, 0.3) is 0 Å². The lowest BCUT2D eigenvalue weighted by Gasteiger charge is -2.21. The normalized spacial score (nSPS) is 15.2. The summed E-state index contributed by atoms with van der Waals surface area (Å²) in [4.78, 5) is 26.0. The number of urea groups is 1. The summed E-state index contributed by atoms with van der Waals surface area (Å²) in [5.41, 5.74) is 5.67. The third-order valence-electron chi connectivity index (χ3n) is 5.93. The number of carbonyl (C=O) groups excluding carboxylic acids is 2. The summed E-state index contributed by atoms with van der Waals surface area (Å²) in [5.74, 6) is -0.363. The number of sulfonamides is 1. The van der Waals surface area contributed by atoms with E-state index in [1.807, 2.05) is 13.8 Å². The van der Waals surface area contributed by atoms with E-state index in [-0.39, 0.29) is 30.5 Å². The number of benzene rings is 1. The van der Waals surface area contributed by atoms with Gasteiger partial charge in [-0.2, -0.15) is 0 Å². The van der Waals surface area contributed by atoms with Crippen molar-refractivity contribution < 1.29 is 18.0 Å². The number of fused-ring (bicyclic) bond motifs is 2. The second-order valence-corrected chi connectivity index (χ2v) is 10.2. The van der Waals surface area contributed by atoms with Gasteiger partial charge in [0.15, 0.2) is 0 Å². The Kier molecular flexibility index (Phi) is 6.51. The lowest BCUT2D eigenvalue weighted by atomic mass is 9.99. The number of nitrogens with one attached hydrogen (secondary N) is 2. The molecule has 0 bridgehead atoms. The maximum atomic E-state index is 12.4. The highest BCUT2D eigenvalue weighted by Gasteiger charge is 2.26. The van der Waals surface area contributed by atoms with Gasteiger partial charge in [-0.3, -0.25) is 4.79 Å². The van der Waals surface area contributed by atoms with Crippen LogP contribution in [-0.2, 0) is 40.5 Å². The van der Waals surface area contributed by atoms with Crippen LogP contribution in [0, 0.1) is 0 Å². The fourth-order valence-electron chi connectivity index (χ4n) is 4.18. The Morgan fingerprint density at radius 3 is 2.21 bits per heavy atom. The summed E-state index contributed by atoms with van der Waals surface area (Å²) in [6, 6.07) is 1.61. The van der Waals surface area contributed by atoms with Crippen molar-refractivity contribution in [2.45, 2.75) is 71.3 Å². The van der Waals surface area contributed by atoms with Gasteiger partial charge in [0, 0.05) is 25.2 Å². The first-order chi connectivity index (χ1) is 13.7. The molecule has 1 aromatic rings. The number of hydrogen-bond donors (Lipinski definition) is 2. The highest BCUT2D eigenvalue weighted by Crippen LogP contribution is 2.38. The van der Waals surface area contributed by atoms with Gasteiger partial charge in [0.05, 0.1) is 5.75 Å². The Bertz CT molecular complexity index is 877. The van der Waals surface area contributed by atoms with Crippen molar-refractivity contribution in [2.75, 3.05) is 18.1 Å². The van der Waals surface area contributed by atoms with E-state index < -0.39 is 16.1 Å². The molecular formula is C21H31N3O4S. The van der Waals surface area contributed by atoms with Crippen LogP contribution in [0.2, 0.25) is 0 Å². The molecule has 0 aromatic heterocycles. The van der Waals surface area contributed by atoms with Crippen molar-refractivity contribution in [1.29, 1.82) is 0 Å². The Hall–Kier alpha value is -2.09. The van der Waals surface area contributed by atoms with E-state index in [9.17, 15) is 18.0 Å². The zero-order chi connectivity index (χ0) is 21.2. The van der Waals surface area contributed by atoms with Gasteiger partial charge in [0.1, 0.15) is 0 Å². The van der Waals surface area contributed by atoms with E-state index in [1.54, 1.807) is 11.9 Å². The zero-order valence-electron chi connectivity index (χ0n) is 17.5. The fraction of sp³-hybridized carbons (Fsp3) is 0.619.